The molecule has 0 spiro atoms. The fourth-order valence-corrected chi connectivity index (χ4v) is 12.7. The number of esters is 4. The van der Waals surface area contributed by atoms with Crippen molar-refractivity contribution in [1.29, 1.82) is 0 Å². The second kappa shape index (κ2) is 80.3. The number of unbranched alkanes of at least 4 members (excludes halogenated alkanes) is 31. The van der Waals surface area contributed by atoms with Crippen molar-refractivity contribution in [3.8, 4) is 0 Å². The van der Waals surface area contributed by atoms with Gasteiger partial charge in [-0.05, 0) is 161 Å². The van der Waals surface area contributed by atoms with E-state index in [1.807, 2.05) is 0 Å². The van der Waals surface area contributed by atoms with Gasteiger partial charge >= 0.3 is 39.5 Å². The highest BCUT2D eigenvalue weighted by Gasteiger charge is 2.30. The molecular formula is C89H152O17P2. The zero-order valence-electron chi connectivity index (χ0n) is 68.0. The SMILES string of the molecule is CC/C=C\C/C=C\C/C=C\CCCCCCCCCC(=O)OCC(COP(=O)(O)OCC(O)COP(=O)(O)OCC(COC(=O)CCCCCCCC/C=C\C/C=C\C/C=C\CCCCC)OC(=O)CCCCCCCCC/C=C\C/C=C\C/C=C\CC)OC(=O)CCCCCCC/C=C\C/C=C\CCCCC. The van der Waals surface area contributed by atoms with Crippen LogP contribution in [0.3, 0.4) is 0 Å². The van der Waals surface area contributed by atoms with Crippen molar-refractivity contribution in [1.82, 2.24) is 0 Å². The molecule has 0 aromatic heterocycles. The molecule has 0 aromatic carbocycles. The van der Waals surface area contributed by atoms with Crippen molar-refractivity contribution in [2.24, 2.45) is 0 Å². The van der Waals surface area contributed by atoms with Gasteiger partial charge in [-0.25, -0.2) is 9.13 Å². The molecule has 0 bridgehead atoms. The third-order valence-corrected chi connectivity index (χ3v) is 19.5. The van der Waals surface area contributed by atoms with E-state index in [-0.39, 0.29) is 25.7 Å². The van der Waals surface area contributed by atoms with Crippen LogP contribution in [0.15, 0.2) is 134 Å². The summed E-state index contributed by atoms with van der Waals surface area (Å²) in [5.41, 5.74) is 0. The quantitative estimate of drug-likeness (QED) is 0.0169. The van der Waals surface area contributed by atoms with E-state index in [2.05, 4.69) is 161 Å². The first-order valence-electron chi connectivity index (χ1n) is 42.4. The Morgan fingerprint density at radius 1 is 0.269 bits per heavy atom. The van der Waals surface area contributed by atoms with Gasteiger partial charge in [0.05, 0.1) is 26.4 Å². The van der Waals surface area contributed by atoms with Gasteiger partial charge in [-0.2, -0.15) is 0 Å². The van der Waals surface area contributed by atoms with E-state index in [0.29, 0.717) is 25.7 Å². The van der Waals surface area contributed by atoms with Crippen molar-refractivity contribution < 1.29 is 80.2 Å². The highest BCUT2D eigenvalue weighted by atomic mass is 31.2. The van der Waals surface area contributed by atoms with Crippen LogP contribution < -0.4 is 0 Å². The summed E-state index contributed by atoms with van der Waals surface area (Å²) in [5.74, 6) is -2.22. The first kappa shape index (κ1) is 103. The Morgan fingerprint density at radius 3 is 0.741 bits per heavy atom. The van der Waals surface area contributed by atoms with Gasteiger partial charge in [0.25, 0.3) is 0 Å². The van der Waals surface area contributed by atoms with Crippen molar-refractivity contribution >= 4 is 39.5 Å². The van der Waals surface area contributed by atoms with Crippen LogP contribution in [-0.2, 0) is 65.4 Å². The van der Waals surface area contributed by atoms with E-state index in [4.69, 9.17) is 37.0 Å². The third kappa shape index (κ3) is 79.3. The zero-order valence-corrected chi connectivity index (χ0v) is 69.8. The molecule has 0 saturated heterocycles. The molecule has 0 aliphatic carbocycles. The summed E-state index contributed by atoms with van der Waals surface area (Å²) in [6.07, 6.45) is 91.2. The fraction of sp³-hybridized carbons (Fsp3) is 0.708. The van der Waals surface area contributed by atoms with Gasteiger partial charge in [-0.1, -0.05) is 296 Å². The minimum atomic E-state index is -4.99. The van der Waals surface area contributed by atoms with Crippen LogP contribution in [0.1, 0.15) is 349 Å². The monoisotopic (exact) mass is 1560 g/mol. The number of ether oxygens (including phenoxy) is 4. The first-order valence-corrected chi connectivity index (χ1v) is 45.4. The lowest BCUT2D eigenvalue weighted by molar-refractivity contribution is -0.161. The lowest BCUT2D eigenvalue weighted by Gasteiger charge is -2.21. The number of allylic oxidation sites excluding steroid dienone is 22. The Hall–Kier alpha value is -4.80. The molecule has 5 unspecified atom stereocenters. The van der Waals surface area contributed by atoms with Crippen LogP contribution in [-0.4, -0.2) is 96.7 Å². The molecule has 0 rings (SSSR count). The lowest BCUT2D eigenvalue weighted by Crippen LogP contribution is -2.30. The maximum absolute atomic E-state index is 13.1. The van der Waals surface area contributed by atoms with Gasteiger partial charge in [0.2, 0.25) is 0 Å². The van der Waals surface area contributed by atoms with Gasteiger partial charge in [-0.3, -0.25) is 37.3 Å². The Morgan fingerprint density at radius 2 is 0.481 bits per heavy atom. The summed E-state index contributed by atoms with van der Waals surface area (Å²) < 4.78 is 68.8. The number of rotatable bonds is 79. The second-order valence-corrected chi connectivity index (χ2v) is 30.9. The number of aliphatic hydroxyl groups is 1. The Labute approximate surface area is 656 Å². The predicted octanol–water partition coefficient (Wildman–Crippen LogP) is 25.2. The minimum Gasteiger partial charge on any atom is -0.462 e. The minimum absolute atomic E-state index is 0.0743. The molecule has 0 radical (unpaired) electrons. The summed E-state index contributed by atoms with van der Waals surface area (Å²) in [7, 11) is -9.98. The van der Waals surface area contributed by atoms with Crippen molar-refractivity contribution in [2.45, 2.75) is 367 Å². The predicted molar refractivity (Wildman–Crippen MR) is 445 cm³/mol. The molecule has 0 saturated carbocycles. The number of hydrogen-bond donors (Lipinski definition) is 3. The summed E-state index contributed by atoms with van der Waals surface area (Å²) in [4.78, 5) is 73.3. The molecule has 0 aromatic rings. The number of phosphoric acid groups is 2. The van der Waals surface area contributed by atoms with E-state index in [9.17, 15) is 43.2 Å². The van der Waals surface area contributed by atoms with E-state index in [1.54, 1.807) is 0 Å². The molecule has 17 nitrogen and oxygen atoms in total. The Kier molecular flexibility index (Phi) is 76.7. The average Bonchev–Trinajstić information content (AvgIpc) is 0.906. The molecule has 108 heavy (non-hydrogen) atoms. The van der Waals surface area contributed by atoms with Crippen LogP contribution in [0, 0.1) is 0 Å². The zero-order chi connectivity index (χ0) is 78.9. The number of hydrogen-bond acceptors (Lipinski definition) is 15. The van der Waals surface area contributed by atoms with Crippen molar-refractivity contribution in [3.63, 3.8) is 0 Å². The highest BCUT2D eigenvalue weighted by Crippen LogP contribution is 2.45. The van der Waals surface area contributed by atoms with Crippen LogP contribution in [0.25, 0.3) is 0 Å². The smallest absolute Gasteiger partial charge is 0.462 e. The van der Waals surface area contributed by atoms with E-state index >= 15 is 0 Å². The standard InChI is InChI=1S/C89H152O17P2/c1-5-9-13-17-21-25-29-33-37-40-41-44-47-50-54-58-62-66-70-74-87(92)100-80-85(106-89(94)76-72-68-64-60-56-52-48-43-39-35-31-27-23-19-15-11-7-3)82-104-108(97,98)102-78-83(90)77-101-107(95,96)103-81-84(105-88(93)75-71-67-63-59-55-51-45-36-32-28-24-20-16-12-8-4)79-99-86(91)73-69-65-61-57-53-49-46-42-38-34-30-26-22-18-14-10-6-2/h10-11,14-15,21-28,33-39,41,44-45,83-85,90H,5-9,12-13,16-20,29-32,40,42-43,46-82H2,1-4H3,(H,95,96)(H,97,98)/b14-10-,15-11-,25-21-,26-22-,27-23-,28-24-,37-33-,38-34-,39-35-,44-41-,45-36-. The number of aliphatic hydroxyl groups excluding tert-OH is 1. The average molecular weight is 1560 g/mol. The molecule has 0 aliphatic heterocycles. The first-order chi connectivity index (χ1) is 52.7. The second-order valence-electron chi connectivity index (χ2n) is 28.0. The summed E-state index contributed by atoms with van der Waals surface area (Å²) in [6.45, 7) is 4.59. The van der Waals surface area contributed by atoms with E-state index in [0.717, 1.165) is 231 Å². The summed E-state index contributed by atoms with van der Waals surface area (Å²) >= 11 is 0. The topological polar surface area (TPSA) is 237 Å². The highest BCUT2D eigenvalue weighted by molar-refractivity contribution is 7.47. The maximum atomic E-state index is 13.1. The van der Waals surface area contributed by atoms with Crippen molar-refractivity contribution in [2.75, 3.05) is 39.6 Å². The Bertz CT molecular complexity index is 2560. The fourth-order valence-electron chi connectivity index (χ4n) is 11.2. The molecule has 5 atom stereocenters. The molecule has 19 heteroatoms. The van der Waals surface area contributed by atoms with Crippen LogP contribution in [0.4, 0.5) is 0 Å². The molecule has 0 heterocycles. The van der Waals surface area contributed by atoms with Crippen molar-refractivity contribution in [3.05, 3.63) is 134 Å². The number of carbonyl (C=O) groups is 4. The van der Waals surface area contributed by atoms with Crippen LogP contribution >= 0.6 is 15.6 Å². The van der Waals surface area contributed by atoms with E-state index in [1.165, 1.54) is 38.5 Å². The molecular weight excluding hydrogens is 1400 g/mol. The largest absolute Gasteiger partial charge is 0.472 e. The summed E-state index contributed by atoms with van der Waals surface area (Å²) in [5, 5.41) is 10.7. The third-order valence-electron chi connectivity index (χ3n) is 17.6. The van der Waals surface area contributed by atoms with Gasteiger partial charge in [0.15, 0.2) is 12.2 Å². The summed E-state index contributed by atoms with van der Waals surface area (Å²) in [6, 6.07) is 0. The molecule has 0 amide bonds. The molecule has 620 valence electrons. The molecule has 0 aliphatic rings. The van der Waals surface area contributed by atoms with Crippen LogP contribution in [0.2, 0.25) is 0 Å². The Balaban J connectivity index is 5.40. The lowest BCUT2D eigenvalue weighted by atomic mass is 10.1. The number of phosphoric ester groups is 2. The normalized spacial score (nSPS) is 14.5. The molecule has 3 N–H and O–H groups in total. The maximum Gasteiger partial charge on any atom is 0.472 e. The van der Waals surface area contributed by atoms with Gasteiger partial charge < -0.3 is 33.8 Å². The van der Waals surface area contributed by atoms with Gasteiger partial charge in [0.1, 0.15) is 19.3 Å². The van der Waals surface area contributed by atoms with E-state index < -0.39 is 97.5 Å². The number of carbonyl (C=O) groups excluding carboxylic acids is 4. The van der Waals surface area contributed by atoms with Crippen LogP contribution in [0.5, 0.6) is 0 Å². The van der Waals surface area contributed by atoms with Gasteiger partial charge in [-0.15, -0.1) is 0 Å². The molecule has 0 fully saturated rings. The van der Waals surface area contributed by atoms with Gasteiger partial charge in [0, 0.05) is 25.7 Å².